The molecule has 6 aromatic rings. The number of benzene rings is 3. The van der Waals surface area contributed by atoms with E-state index in [1.165, 1.54) is 12.1 Å². The highest BCUT2D eigenvalue weighted by Gasteiger charge is 2.30. The first kappa shape index (κ1) is 26.2. The highest BCUT2D eigenvalue weighted by molar-refractivity contribution is 5.66. The molecule has 1 N–H and O–H groups in total. The van der Waals surface area contributed by atoms with Crippen molar-refractivity contribution in [3.05, 3.63) is 120 Å². The molecule has 41 heavy (non-hydrogen) atoms. The Morgan fingerprint density at radius 2 is 1.76 bits per heavy atom. The Kier molecular flexibility index (Phi) is 6.74. The molecule has 7 nitrogen and oxygen atoms in total. The van der Waals surface area contributed by atoms with Crippen LogP contribution >= 0.6 is 0 Å². The summed E-state index contributed by atoms with van der Waals surface area (Å²) in [5.74, 6) is 0.812. The van der Waals surface area contributed by atoms with Gasteiger partial charge >= 0.3 is 6.18 Å². The van der Waals surface area contributed by atoms with E-state index >= 15 is 0 Å². The molecule has 0 aliphatic rings. The Morgan fingerprint density at radius 3 is 2.54 bits per heavy atom. The quantitative estimate of drug-likeness (QED) is 0.220. The summed E-state index contributed by atoms with van der Waals surface area (Å²) in [4.78, 5) is 0. The molecule has 0 spiro atoms. The second-order valence-corrected chi connectivity index (χ2v) is 9.83. The van der Waals surface area contributed by atoms with E-state index in [0.29, 0.717) is 12.1 Å². The van der Waals surface area contributed by atoms with Crippen LogP contribution in [0.15, 0.2) is 97.6 Å². The van der Waals surface area contributed by atoms with E-state index < -0.39 is 11.7 Å². The minimum absolute atomic E-state index is 0.269. The number of anilines is 1. The fourth-order valence-corrected chi connectivity index (χ4v) is 4.77. The zero-order valence-corrected chi connectivity index (χ0v) is 22.4. The van der Waals surface area contributed by atoms with Crippen molar-refractivity contribution in [3.63, 3.8) is 0 Å². The molecule has 208 valence electrons. The number of methoxy groups -OCH3 is 1. The molecule has 0 radical (unpaired) electrons. The number of fused-ring (bicyclic) bond motifs is 1. The van der Waals surface area contributed by atoms with E-state index in [4.69, 9.17) is 9.84 Å². The number of ether oxygens (including phenoxy) is 1. The van der Waals surface area contributed by atoms with Gasteiger partial charge in [0.1, 0.15) is 11.4 Å². The number of hydrogen-bond donors (Lipinski definition) is 1. The van der Waals surface area contributed by atoms with Crippen LogP contribution < -0.4 is 10.1 Å². The van der Waals surface area contributed by atoms with Gasteiger partial charge in [-0.1, -0.05) is 30.3 Å². The highest BCUT2D eigenvalue weighted by Crippen LogP contribution is 2.30. The van der Waals surface area contributed by atoms with E-state index in [2.05, 4.69) is 10.4 Å². The molecule has 0 saturated heterocycles. The molecule has 0 aliphatic carbocycles. The largest absolute Gasteiger partial charge is 0.497 e. The molecular weight excluding hydrogens is 529 g/mol. The monoisotopic (exact) mass is 556 g/mol. The van der Waals surface area contributed by atoms with Gasteiger partial charge in [-0.05, 0) is 60.0 Å². The first-order chi connectivity index (χ1) is 19.8. The summed E-state index contributed by atoms with van der Waals surface area (Å²) in [6.07, 6.45) is 3.24. The van der Waals surface area contributed by atoms with Crippen molar-refractivity contribution in [3.8, 4) is 22.7 Å². The lowest BCUT2D eigenvalue weighted by molar-refractivity contribution is -0.137. The van der Waals surface area contributed by atoms with Gasteiger partial charge in [0.25, 0.3) is 0 Å². The van der Waals surface area contributed by atoms with E-state index in [1.54, 1.807) is 19.4 Å². The molecule has 3 heterocycles. The van der Waals surface area contributed by atoms with Crippen LogP contribution in [0.4, 0.5) is 18.9 Å². The first-order valence-electron chi connectivity index (χ1n) is 13.0. The van der Waals surface area contributed by atoms with Crippen molar-refractivity contribution in [2.24, 2.45) is 0 Å². The number of aryl methyl sites for hydroxylation is 1. The SMILES string of the molecule is COc1ccc(Cn2cc(-c3cc4n(-c5cc(NCc6cccc(C(F)(F)F)c6)ccc5C)ccn4n3)cn2)cc1. The third-order valence-corrected chi connectivity index (χ3v) is 6.97. The molecule has 3 aromatic carbocycles. The predicted molar refractivity (Wildman–Crippen MR) is 151 cm³/mol. The lowest BCUT2D eigenvalue weighted by Gasteiger charge is -2.13. The Balaban J connectivity index is 1.21. The number of alkyl halides is 3. The summed E-state index contributed by atoms with van der Waals surface area (Å²) in [5.41, 5.74) is 6.37. The first-order valence-corrected chi connectivity index (χ1v) is 13.0. The van der Waals surface area contributed by atoms with E-state index in [9.17, 15) is 13.2 Å². The number of nitrogens with zero attached hydrogens (tertiary/aromatic N) is 5. The minimum atomic E-state index is -4.37. The van der Waals surface area contributed by atoms with Crippen LogP contribution in [0.2, 0.25) is 0 Å². The highest BCUT2D eigenvalue weighted by atomic mass is 19.4. The van der Waals surface area contributed by atoms with Gasteiger partial charge in [-0.2, -0.15) is 23.4 Å². The summed E-state index contributed by atoms with van der Waals surface area (Å²) >= 11 is 0. The molecule has 6 rings (SSSR count). The number of imidazole rings is 1. The van der Waals surface area contributed by atoms with E-state index in [0.717, 1.165) is 51.2 Å². The molecule has 0 saturated carbocycles. The van der Waals surface area contributed by atoms with Crippen LogP contribution in [-0.4, -0.2) is 31.1 Å². The normalized spacial score (nSPS) is 11.7. The van der Waals surface area contributed by atoms with E-state index in [-0.39, 0.29) is 6.54 Å². The minimum Gasteiger partial charge on any atom is -0.497 e. The maximum atomic E-state index is 13.1. The van der Waals surface area contributed by atoms with Crippen molar-refractivity contribution in [1.82, 2.24) is 24.0 Å². The molecule has 0 unspecified atom stereocenters. The summed E-state index contributed by atoms with van der Waals surface area (Å²) in [5, 5.41) is 12.5. The Bertz CT molecular complexity index is 1810. The average molecular weight is 557 g/mol. The van der Waals surface area contributed by atoms with Crippen LogP contribution in [0.1, 0.15) is 22.3 Å². The second-order valence-electron chi connectivity index (χ2n) is 9.83. The molecule has 10 heteroatoms. The van der Waals surface area contributed by atoms with E-state index in [1.807, 2.05) is 87.8 Å². The average Bonchev–Trinajstić information content (AvgIpc) is 3.69. The fraction of sp³-hybridized carbons (Fsp3) is 0.161. The van der Waals surface area contributed by atoms with Gasteiger partial charge in [-0.25, -0.2) is 4.52 Å². The molecule has 0 amide bonds. The summed E-state index contributed by atoms with van der Waals surface area (Å²) in [6, 6.07) is 21.2. The van der Waals surface area contributed by atoms with Gasteiger partial charge in [0.15, 0.2) is 0 Å². The number of nitrogens with one attached hydrogen (secondary N) is 1. The zero-order chi connectivity index (χ0) is 28.6. The second kappa shape index (κ2) is 10.5. The van der Waals surface area contributed by atoms with Crippen molar-refractivity contribution < 1.29 is 17.9 Å². The molecule has 3 aromatic heterocycles. The Hall–Kier alpha value is -4.99. The lowest BCUT2D eigenvalue weighted by Crippen LogP contribution is -2.07. The molecule has 0 bridgehead atoms. The fourth-order valence-electron chi connectivity index (χ4n) is 4.77. The standard InChI is InChI=1S/C31H27F3N6O/c1-21-6-9-26(35-17-23-4-3-5-25(14-23)31(32,33)34)15-29(21)39-12-13-40-30(39)16-28(37-40)24-18-36-38(20-24)19-22-7-10-27(41-2)11-8-22/h3-16,18,20,35H,17,19H2,1-2H3. The van der Waals surface area contributed by atoms with Crippen molar-refractivity contribution in [2.75, 3.05) is 12.4 Å². The van der Waals surface area contributed by atoms with Gasteiger partial charge in [0.2, 0.25) is 0 Å². The molecule has 0 aliphatic heterocycles. The van der Waals surface area contributed by atoms with Crippen LogP contribution in [-0.2, 0) is 19.3 Å². The topological polar surface area (TPSA) is 61.3 Å². The van der Waals surface area contributed by atoms with Crippen LogP contribution in [0.3, 0.4) is 0 Å². The predicted octanol–water partition coefficient (Wildman–Crippen LogP) is 6.98. The smallest absolute Gasteiger partial charge is 0.416 e. The maximum absolute atomic E-state index is 13.1. The maximum Gasteiger partial charge on any atom is 0.416 e. The van der Waals surface area contributed by atoms with Gasteiger partial charge in [-0.3, -0.25) is 9.25 Å². The number of rotatable bonds is 8. The number of halogens is 3. The Labute approximate surface area is 234 Å². The van der Waals surface area contributed by atoms with Crippen LogP contribution in [0.25, 0.3) is 22.6 Å². The molecule has 0 atom stereocenters. The molecule has 0 fully saturated rings. The van der Waals surface area contributed by atoms with Gasteiger partial charge < -0.3 is 10.1 Å². The third kappa shape index (κ3) is 5.54. The lowest BCUT2D eigenvalue weighted by atomic mass is 10.1. The van der Waals surface area contributed by atoms with Gasteiger partial charge in [-0.15, -0.1) is 0 Å². The van der Waals surface area contributed by atoms with Gasteiger partial charge in [0.05, 0.1) is 36.8 Å². The van der Waals surface area contributed by atoms with Crippen LogP contribution in [0, 0.1) is 6.92 Å². The Morgan fingerprint density at radius 1 is 0.927 bits per heavy atom. The van der Waals surface area contributed by atoms with Crippen molar-refractivity contribution >= 4 is 11.3 Å². The van der Waals surface area contributed by atoms with Crippen molar-refractivity contribution in [2.45, 2.75) is 26.2 Å². The number of aromatic nitrogens is 5. The zero-order valence-electron chi connectivity index (χ0n) is 22.4. The summed E-state index contributed by atoms with van der Waals surface area (Å²) in [7, 11) is 1.65. The third-order valence-electron chi connectivity index (χ3n) is 6.97. The summed E-state index contributed by atoms with van der Waals surface area (Å²) in [6.45, 7) is 2.91. The van der Waals surface area contributed by atoms with Crippen molar-refractivity contribution in [1.29, 1.82) is 0 Å². The summed E-state index contributed by atoms with van der Waals surface area (Å²) < 4.78 is 50.3. The number of hydrogen-bond acceptors (Lipinski definition) is 4. The van der Waals surface area contributed by atoms with Gasteiger partial charge in [0, 0.05) is 42.5 Å². The molecular formula is C31H27F3N6O. The van der Waals surface area contributed by atoms with Crippen LogP contribution in [0.5, 0.6) is 5.75 Å².